The van der Waals surface area contributed by atoms with Gasteiger partial charge in [-0.25, -0.2) is 9.13 Å². The van der Waals surface area contributed by atoms with Crippen LogP contribution in [0.2, 0.25) is 0 Å². The van der Waals surface area contributed by atoms with Crippen molar-refractivity contribution < 1.29 is 91.9 Å². The summed E-state index contributed by atoms with van der Waals surface area (Å²) in [4.78, 5) is 70.8. The summed E-state index contributed by atoms with van der Waals surface area (Å²) in [6.45, 7) is 2.54. The Morgan fingerprint density at radius 2 is 1.40 bits per heavy atom. The molecule has 0 radical (unpaired) electrons. The molecule has 0 aromatic heterocycles. The SMILES string of the molecule is CCCCC/C=C\C/C=C\CCCCCCCCCC(=O)O[C@@H]1COC(=O)CCCCCC[C@@H]2[C@@H](O)[C@H](O)[C@@H](O)[C@H](OP(=O)(O)OC1)[C@H](OP(=O)(O)O)[C@H](O)[C@@H](/C=C/[C@@H](O)CCCCC)C(=O)C[C@@H]2O. The number of ether oxygens (including phenoxy) is 2. The van der Waals surface area contributed by atoms with Gasteiger partial charge in [-0.2, -0.15) is 0 Å². The lowest BCUT2D eigenvalue weighted by molar-refractivity contribution is -0.165. The molecule has 0 spiro atoms. The first kappa shape index (κ1) is 63.9. The molecule has 0 amide bonds. The number of phosphoric ester groups is 2. The Balaban J connectivity index is 2.28. The molecule has 406 valence electrons. The number of carbonyl (C=O) groups is 3. The number of aliphatic hydroxyl groups is 6. The number of unbranched alkanes of at least 4 members (excludes halogenated alkanes) is 12. The number of hydrogen-bond acceptors (Lipinski definition) is 16. The highest BCUT2D eigenvalue weighted by molar-refractivity contribution is 7.47. The van der Waals surface area contributed by atoms with Crippen molar-refractivity contribution in [2.45, 2.75) is 229 Å². The number of phosphoric acid groups is 2. The molecule has 1 unspecified atom stereocenters. The minimum Gasteiger partial charge on any atom is -0.462 e. The first-order chi connectivity index (χ1) is 33.3. The first-order valence-corrected chi connectivity index (χ1v) is 28.7. The van der Waals surface area contributed by atoms with Gasteiger partial charge in [0.1, 0.15) is 36.8 Å². The van der Waals surface area contributed by atoms with E-state index >= 15 is 0 Å². The fraction of sp³-hybridized carbons (Fsp3) is 0.816. The molecule has 2 fully saturated rings. The Kier molecular flexibility index (Phi) is 32.8. The van der Waals surface area contributed by atoms with Crippen LogP contribution < -0.4 is 0 Å². The lowest BCUT2D eigenvalue weighted by atomic mass is 9.82. The van der Waals surface area contributed by atoms with Crippen LogP contribution in [0.4, 0.5) is 0 Å². The molecule has 2 aliphatic rings. The zero-order valence-corrected chi connectivity index (χ0v) is 43.2. The standard InChI is InChI=1S/C49H86O19P2/c1-3-5-7-8-9-10-11-12-13-14-15-16-17-18-19-20-26-30-43(54)66-37-34-64-42(53)29-25-22-21-24-28-38-40(51)33-41(52)39(32-31-36(50)27-23-6-4-2)45(56)48(67-69(59,60)61)49(47(58)46(57)44(38)55)68-70(62,63)65-35-37/h9-10,12-13,31-32,36-40,44-51,55-58H,3-8,11,14-30,33-35H2,1-2H3,(H,62,63)(H2,59,60,61)/b10-9-,13-12-,32-31+/t36-,37+,38-,39-,40-,44+,45+,46-,47+,48+,49-/m0/s1. The Hall–Kier alpha value is -2.19. The monoisotopic (exact) mass is 1040 g/mol. The van der Waals surface area contributed by atoms with E-state index in [4.69, 9.17) is 23.0 Å². The van der Waals surface area contributed by atoms with Crippen molar-refractivity contribution in [3.8, 4) is 0 Å². The van der Waals surface area contributed by atoms with E-state index in [0.29, 0.717) is 32.1 Å². The largest absolute Gasteiger partial charge is 0.472 e. The van der Waals surface area contributed by atoms with E-state index in [1.807, 2.05) is 6.92 Å². The van der Waals surface area contributed by atoms with Gasteiger partial charge in [0.2, 0.25) is 0 Å². The molecule has 1 saturated heterocycles. The second-order valence-electron chi connectivity index (χ2n) is 18.7. The number of cyclic esters (lactones) is 1. The lowest BCUT2D eigenvalue weighted by Gasteiger charge is -2.38. The molecular formula is C49H86O19P2. The minimum atomic E-state index is -5.79. The maximum Gasteiger partial charge on any atom is 0.472 e. The van der Waals surface area contributed by atoms with Crippen LogP contribution in [0, 0.1) is 11.8 Å². The van der Waals surface area contributed by atoms with Gasteiger partial charge in [-0.15, -0.1) is 0 Å². The summed E-state index contributed by atoms with van der Waals surface area (Å²) in [6, 6.07) is 0. The molecule has 1 saturated carbocycles. The van der Waals surface area contributed by atoms with Gasteiger partial charge >= 0.3 is 27.6 Å². The smallest absolute Gasteiger partial charge is 0.462 e. The highest BCUT2D eigenvalue weighted by Crippen LogP contribution is 2.49. The van der Waals surface area contributed by atoms with Crippen molar-refractivity contribution in [3.05, 3.63) is 36.5 Å². The third kappa shape index (κ3) is 27.2. The summed E-state index contributed by atoms with van der Waals surface area (Å²) in [5.41, 5.74) is 0. The Morgan fingerprint density at radius 3 is 2.06 bits per heavy atom. The van der Waals surface area contributed by atoms with Crippen LogP contribution in [-0.4, -0.2) is 131 Å². The highest BCUT2D eigenvalue weighted by Gasteiger charge is 2.51. The van der Waals surface area contributed by atoms with Gasteiger partial charge < -0.3 is 54.8 Å². The van der Waals surface area contributed by atoms with Gasteiger partial charge in [0, 0.05) is 25.2 Å². The molecule has 0 aromatic rings. The van der Waals surface area contributed by atoms with Crippen molar-refractivity contribution in [2.75, 3.05) is 13.2 Å². The Labute approximate surface area is 414 Å². The van der Waals surface area contributed by atoms with Crippen LogP contribution in [0.25, 0.3) is 0 Å². The fourth-order valence-corrected chi connectivity index (χ4v) is 10.0. The second-order valence-corrected chi connectivity index (χ2v) is 21.3. The zero-order valence-electron chi connectivity index (χ0n) is 41.4. The van der Waals surface area contributed by atoms with Crippen LogP contribution in [0.3, 0.4) is 0 Å². The van der Waals surface area contributed by atoms with Gasteiger partial charge in [-0.05, 0) is 57.8 Å². The van der Waals surface area contributed by atoms with Gasteiger partial charge in [0.05, 0.1) is 36.9 Å². The molecule has 0 aromatic carbocycles. The van der Waals surface area contributed by atoms with E-state index in [-0.39, 0.29) is 32.1 Å². The van der Waals surface area contributed by atoms with Gasteiger partial charge in [-0.3, -0.25) is 28.0 Å². The Morgan fingerprint density at radius 1 is 0.786 bits per heavy atom. The number of rotatable bonds is 25. The zero-order chi connectivity index (χ0) is 52.0. The van der Waals surface area contributed by atoms with Gasteiger partial charge in [0.15, 0.2) is 6.10 Å². The maximum atomic E-state index is 14.0. The summed E-state index contributed by atoms with van der Waals surface area (Å²) in [6.07, 6.45) is 7.62. The molecule has 21 heteroatoms. The molecule has 1 aliphatic heterocycles. The van der Waals surface area contributed by atoms with E-state index < -0.39 is 120 Å². The van der Waals surface area contributed by atoms with Crippen molar-refractivity contribution in [2.24, 2.45) is 11.8 Å². The average molecular weight is 1040 g/mol. The van der Waals surface area contributed by atoms with E-state index in [1.165, 1.54) is 19.3 Å². The maximum absolute atomic E-state index is 14.0. The molecule has 1 aliphatic carbocycles. The molecular weight excluding hydrogens is 954 g/mol. The first-order valence-electron chi connectivity index (χ1n) is 25.6. The molecule has 70 heavy (non-hydrogen) atoms. The van der Waals surface area contributed by atoms with E-state index in [1.54, 1.807) is 0 Å². The molecule has 12 atom stereocenters. The van der Waals surface area contributed by atoms with Crippen LogP contribution in [0.5, 0.6) is 0 Å². The highest BCUT2D eigenvalue weighted by atomic mass is 31.2. The molecule has 9 N–H and O–H groups in total. The summed E-state index contributed by atoms with van der Waals surface area (Å²) in [5, 5.41) is 68.2. The molecule has 19 nitrogen and oxygen atoms in total. The molecule has 2 bridgehead atoms. The minimum absolute atomic E-state index is 0.0386. The quantitative estimate of drug-likeness (QED) is 0.0195. The van der Waals surface area contributed by atoms with Crippen molar-refractivity contribution in [3.63, 3.8) is 0 Å². The van der Waals surface area contributed by atoms with Crippen LogP contribution >= 0.6 is 15.6 Å². The number of allylic oxidation sites excluding steroid dienone is 4. The Bertz CT molecular complexity index is 1650. The molecule has 2 rings (SSSR count). The third-order valence-corrected chi connectivity index (χ3v) is 14.1. The summed E-state index contributed by atoms with van der Waals surface area (Å²) in [5.74, 6) is -5.65. The third-order valence-electron chi connectivity index (χ3n) is 12.6. The average Bonchev–Trinajstić information content (AvgIpc) is 3.30. The number of ketones is 1. The van der Waals surface area contributed by atoms with Crippen molar-refractivity contribution in [1.29, 1.82) is 0 Å². The van der Waals surface area contributed by atoms with Crippen molar-refractivity contribution >= 4 is 33.4 Å². The fourth-order valence-electron chi connectivity index (χ4n) is 8.51. The predicted molar refractivity (Wildman–Crippen MR) is 261 cm³/mol. The van der Waals surface area contributed by atoms with Crippen LogP contribution in [-0.2, 0) is 46.6 Å². The normalized spacial score (nSPS) is 30.3. The van der Waals surface area contributed by atoms with Crippen LogP contribution in [0.15, 0.2) is 36.5 Å². The summed E-state index contributed by atoms with van der Waals surface area (Å²) in [7, 11) is -11.5. The van der Waals surface area contributed by atoms with E-state index in [0.717, 1.165) is 82.8 Å². The van der Waals surface area contributed by atoms with Crippen molar-refractivity contribution in [1.82, 2.24) is 0 Å². The van der Waals surface area contributed by atoms with E-state index in [2.05, 4.69) is 31.2 Å². The van der Waals surface area contributed by atoms with Crippen LogP contribution in [0.1, 0.15) is 174 Å². The van der Waals surface area contributed by atoms with Gasteiger partial charge in [0.25, 0.3) is 0 Å². The predicted octanol–water partition coefficient (Wildman–Crippen LogP) is 6.88. The summed E-state index contributed by atoms with van der Waals surface area (Å²) >= 11 is 0. The number of Topliss-reactive ketones (excluding diaryl/α,β-unsaturated/α-hetero) is 1. The number of carbonyl (C=O) groups excluding carboxylic acids is 3. The topological polar surface area (TPSA) is 314 Å². The van der Waals surface area contributed by atoms with Gasteiger partial charge in [-0.1, -0.05) is 134 Å². The number of hydrogen-bond donors (Lipinski definition) is 9. The lowest BCUT2D eigenvalue weighted by Crippen LogP contribution is -2.56. The second kappa shape index (κ2) is 35.9. The van der Waals surface area contributed by atoms with E-state index in [9.17, 15) is 68.8 Å². The molecule has 1 heterocycles. The number of aliphatic hydroxyl groups excluding tert-OH is 6. The summed E-state index contributed by atoms with van der Waals surface area (Å²) < 4.78 is 52.2. The number of fused-ring (bicyclic) bond motifs is 4. The number of esters is 2.